The van der Waals surface area contributed by atoms with Crippen LogP contribution in [0.15, 0.2) is 64.5 Å². The van der Waals surface area contributed by atoms with Crippen LogP contribution in [-0.2, 0) is 14.9 Å². The Morgan fingerprint density at radius 3 is 2.59 bits per heavy atom. The van der Waals surface area contributed by atoms with Gasteiger partial charge < -0.3 is 8.92 Å². The van der Waals surface area contributed by atoms with Gasteiger partial charge in [0.2, 0.25) is 0 Å². The molecule has 0 bridgehead atoms. The van der Waals surface area contributed by atoms with Crippen molar-refractivity contribution >= 4 is 50.6 Å². The topological polar surface area (TPSA) is 109 Å². The molecule has 0 radical (unpaired) electrons. The van der Waals surface area contributed by atoms with Crippen LogP contribution in [0.25, 0.3) is 11.8 Å². The minimum atomic E-state index is -3.73. The third-order valence-electron chi connectivity index (χ3n) is 4.50. The molecule has 1 amide bonds. The molecule has 0 spiro atoms. The van der Waals surface area contributed by atoms with E-state index in [-0.39, 0.29) is 22.9 Å². The third-order valence-corrected chi connectivity index (χ3v) is 5.81. The molecular weight excluding hydrogens is 450 g/mol. The van der Waals surface area contributed by atoms with Crippen molar-refractivity contribution < 1.29 is 22.1 Å². The van der Waals surface area contributed by atoms with Crippen LogP contribution in [0.5, 0.6) is 11.5 Å². The molecule has 8 nitrogen and oxygen atoms in total. The molecule has 0 fully saturated rings. The Kier molecular flexibility index (Phi) is 5.90. The highest BCUT2D eigenvalue weighted by molar-refractivity contribution is 8.17. The minimum Gasteiger partial charge on any atom is -0.490 e. The first-order chi connectivity index (χ1) is 15.3. The zero-order chi connectivity index (χ0) is 22.9. The van der Waals surface area contributed by atoms with Gasteiger partial charge in [-0.15, -0.1) is 0 Å². The van der Waals surface area contributed by atoms with E-state index >= 15 is 0 Å². The van der Waals surface area contributed by atoms with Crippen molar-refractivity contribution in [2.75, 3.05) is 12.9 Å². The van der Waals surface area contributed by atoms with E-state index in [0.29, 0.717) is 17.3 Å². The van der Waals surface area contributed by atoms with Gasteiger partial charge in [-0.1, -0.05) is 48.2 Å². The number of aliphatic imine (C=N–C) groups is 1. The highest BCUT2D eigenvalue weighted by Crippen LogP contribution is 2.37. The van der Waals surface area contributed by atoms with Gasteiger partial charge in [-0.25, -0.2) is 0 Å². The van der Waals surface area contributed by atoms with Gasteiger partial charge in [0, 0.05) is 5.41 Å². The third kappa shape index (κ3) is 4.46. The van der Waals surface area contributed by atoms with Gasteiger partial charge in [0.15, 0.2) is 16.7 Å². The molecule has 10 heteroatoms. The maximum Gasteiger partial charge on any atom is 0.306 e. The largest absolute Gasteiger partial charge is 0.490 e. The Morgan fingerprint density at radius 1 is 1.16 bits per heavy atom. The SMILES string of the molecule is CCOc1cc(C=C2C(=N)N3C(c4ccccc4)=CSC3=NC2=O)ccc1OS(C)(=O)=O. The summed E-state index contributed by atoms with van der Waals surface area (Å²) in [6, 6.07) is 14.2. The smallest absolute Gasteiger partial charge is 0.306 e. The number of fused-ring (bicyclic) bond motifs is 1. The number of benzene rings is 2. The Hall–Kier alpha value is -3.37. The molecule has 0 saturated heterocycles. The van der Waals surface area contributed by atoms with E-state index in [1.165, 1.54) is 23.9 Å². The Balaban J connectivity index is 1.70. The lowest BCUT2D eigenvalue weighted by Crippen LogP contribution is -2.38. The lowest BCUT2D eigenvalue weighted by atomic mass is 10.1. The maximum absolute atomic E-state index is 12.7. The minimum absolute atomic E-state index is 0.00882. The summed E-state index contributed by atoms with van der Waals surface area (Å²) in [5.74, 6) is -0.250. The fraction of sp³-hybridized carbons (Fsp3) is 0.136. The van der Waals surface area contributed by atoms with Crippen LogP contribution < -0.4 is 8.92 Å². The molecule has 32 heavy (non-hydrogen) atoms. The van der Waals surface area contributed by atoms with Crippen molar-refractivity contribution in [2.24, 2.45) is 4.99 Å². The van der Waals surface area contributed by atoms with Crippen LogP contribution in [0.2, 0.25) is 0 Å². The average molecular weight is 470 g/mol. The number of hydrogen-bond acceptors (Lipinski definition) is 7. The first kappa shape index (κ1) is 21.8. The quantitative estimate of drug-likeness (QED) is 0.507. The monoisotopic (exact) mass is 469 g/mol. The molecule has 0 unspecified atom stereocenters. The molecule has 0 saturated carbocycles. The number of thioether (sulfide) groups is 1. The number of rotatable bonds is 6. The molecule has 2 aromatic carbocycles. The van der Waals surface area contributed by atoms with Crippen LogP contribution in [0.3, 0.4) is 0 Å². The molecule has 0 atom stereocenters. The van der Waals surface area contributed by atoms with E-state index in [2.05, 4.69) is 4.99 Å². The van der Waals surface area contributed by atoms with Crippen molar-refractivity contribution in [3.63, 3.8) is 0 Å². The maximum atomic E-state index is 12.7. The number of carbonyl (C=O) groups is 1. The molecule has 4 rings (SSSR count). The summed E-state index contributed by atoms with van der Waals surface area (Å²) in [7, 11) is -3.73. The van der Waals surface area contributed by atoms with Crippen LogP contribution >= 0.6 is 11.8 Å². The van der Waals surface area contributed by atoms with Crippen molar-refractivity contribution in [1.82, 2.24) is 4.90 Å². The molecule has 2 aliphatic rings. The fourth-order valence-electron chi connectivity index (χ4n) is 3.20. The Labute approximate surface area is 189 Å². The summed E-state index contributed by atoms with van der Waals surface area (Å²) >= 11 is 1.29. The second kappa shape index (κ2) is 8.64. The summed E-state index contributed by atoms with van der Waals surface area (Å²) in [6.45, 7) is 2.05. The number of hydrogen-bond donors (Lipinski definition) is 1. The zero-order valence-corrected chi connectivity index (χ0v) is 18.9. The van der Waals surface area contributed by atoms with Gasteiger partial charge in [0.1, 0.15) is 5.84 Å². The van der Waals surface area contributed by atoms with Crippen molar-refractivity contribution in [3.8, 4) is 11.5 Å². The summed E-state index contributed by atoms with van der Waals surface area (Å²) in [6.07, 6.45) is 2.48. The van der Waals surface area contributed by atoms with Gasteiger partial charge >= 0.3 is 10.1 Å². The number of nitrogens with zero attached hydrogens (tertiary/aromatic N) is 2. The normalized spacial score (nSPS) is 17.2. The number of carbonyl (C=O) groups excluding carboxylic acids is 1. The lowest BCUT2D eigenvalue weighted by Gasteiger charge is -2.27. The fourth-order valence-corrected chi connectivity index (χ4v) is 4.55. The standard InChI is InChI=1S/C22H19N3O5S2/c1-3-29-19-12-14(9-10-18(19)30-32(2,27)28)11-16-20(23)25-17(15-7-5-4-6-8-15)13-31-22(25)24-21(16)26/h4-13,23H,3H2,1-2H3. The predicted octanol–water partition coefficient (Wildman–Crippen LogP) is 3.73. The molecule has 164 valence electrons. The summed E-state index contributed by atoms with van der Waals surface area (Å²) in [4.78, 5) is 18.4. The highest BCUT2D eigenvalue weighted by atomic mass is 32.2. The van der Waals surface area contributed by atoms with Crippen LogP contribution in [-0.4, -0.2) is 43.1 Å². The van der Waals surface area contributed by atoms with E-state index in [1.807, 2.05) is 35.7 Å². The van der Waals surface area contributed by atoms with Crippen molar-refractivity contribution in [2.45, 2.75) is 6.92 Å². The summed E-state index contributed by atoms with van der Waals surface area (Å²) in [5, 5.41) is 11.0. The average Bonchev–Trinajstić information content (AvgIpc) is 3.16. The van der Waals surface area contributed by atoms with E-state index < -0.39 is 16.0 Å². The molecule has 2 heterocycles. The molecule has 2 aromatic rings. The number of amidine groups is 2. The molecule has 2 aliphatic heterocycles. The van der Waals surface area contributed by atoms with E-state index in [1.54, 1.807) is 24.0 Å². The zero-order valence-electron chi connectivity index (χ0n) is 17.2. The number of nitrogens with one attached hydrogen (secondary N) is 1. The van der Waals surface area contributed by atoms with E-state index in [0.717, 1.165) is 17.5 Å². The van der Waals surface area contributed by atoms with E-state index in [4.69, 9.17) is 14.3 Å². The van der Waals surface area contributed by atoms with Crippen LogP contribution in [0.1, 0.15) is 18.1 Å². The highest BCUT2D eigenvalue weighted by Gasteiger charge is 2.36. The molecule has 0 aliphatic carbocycles. The Morgan fingerprint density at radius 2 is 1.91 bits per heavy atom. The van der Waals surface area contributed by atoms with Gasteiger partial charge in [0.25, 0.3) is 5.91 Å². The number of amides is 1. The van der Waals surface area contributed by atoms with Crippen LogP contribution in [0, 0.1) is 5.41 Å². The van der Waals surface area contributed by atoms with Crippen molar-refractivity contribution in [3.05, 3.63) is 70.6 Å². The second-order valence-corrected chi connectivity index (χ2v) is 9.27. The van der Waals surface area contributed by atoms with Crippen molar-refractivity contribution in [1.29, 1.82) is 5.41 Å². The molecule has 1 N–H and O–H groups in total. The summed E-state index contributed by atoms with van der Waals surface area (Å²) < 4.78 is 33.5. The summed E-state index contributed by atoms with van der Waals surface area (Å²) in [5.41, 5.74) is 2.32. The van der Waals surface area contributed by atoms with Gasteiger partial charge in [-0.2, -0.15) is 13.4 Å². The number of ether oxygens (including phenoxy) is 1. The second-order valence-electron chi connectivity index (χ2n) is 6.86. The van der Waals surface area contributed by atoms with Crippen LogP contribution in [0.4, 0.5) is 0 Å². The van der Waals surface area contributed by atoms with E-state index in [9.17, 15) is 13.2 Å². The van der Waals surface area contributed by atoms with Gasteiger partial charge in [-0.05, 0) is 36.3 Å². The molecular formula is C22H19N3O5S2. The molecule has 0 aromatic heterocycles. The van der Waals surface area contributed by atoms with Gasteiger partial charge in [0.05, 0.1) is 24.1 Å². The predicted molar refractivity (Wildman–Crippen MR) is 125 cm³/mol. The Bertz CT molecular complexity index is 1300. The van der Waals surface area contributed by atoms with Gasteiger partial charge in [-0.3, -0.25) is 15.1 Å². The lowest BCUT2D eigenvalue weighted by molar-refractivity contribution is -0.114. The first-order valence-electron chi connectivity index (χ1n) is 9.59. The first-order valence-corrected chi connectivity index (χ1v) is 12.3.